The maximum atomic E-state index is 12.8. The lowest BCUT2D eigenvalue weighted by Gasteiger charge is -2.29. The number of aryl methyl sites for hydroxylation is 1. The van der Waals surface area contributed by atoms with Gasteiger partial charge in [-0.05, 0) is 64.0 Å². The molecule has 2 heterocycles. The Labute approximate surface area is 193 Å². The molecule has 2 amide bonds. The first-order valence-corrected chi connectivity index (χ1v) is 11.3. The summed E-state index contributed by atoms with van der Waals surface area (Å²) in [5.74, 6) is 1.69. The third-order valence-corrected chi connectivity index (χ3v) is 5.70. The molecule has 1 fully saturated rings. The van der Waals surface area contributed by atoms with Gasteiger partial charge in [0.1, 0.15) is 11.4 Å². The van der Waals surface area contributed by atoms with Gasteiger partial charge in [-0.15, -0.1) is 0 Å². The molecule has 3 aromatic rings. The van der Waals surface area contributed by atoms with Gasteiger partial charge in [-0.3, -0.25) is 4.79 Å². The van der Waals surface area contributed by atoms with Gasteiger partial charge in [0.15, 0.2) is 11.7 Å². The molecule has 0 atom stereocenters. The Morgan fingerprint density at radius 2 is 1.79 bits per heavy atom. The van der Waals surface area contributed by atoms with Crippen LogP contribution in [0.5, 0.6) is 0 Å². The third kappa shape index (κ3) is 5.88. The van der Waals surface area contributed by atoms with Crippen LogP contribution in [0, 0.1) is 12.8 Å². The van der Waals surface area contributed by atoms with Crippen molar-refractivity contribution >= 4 is 28.6 Å². The lowest BCUT2D eigenvalue weighted by molar-refractivity contribution is -0.120. The van der Waals surface area contributed by atoms with E-state index in [4.69, 9.17) is 9.15 Å². The molecule has 1 aliphatic carbocycles. The topological polar surface area (TPSA) is 106 Å². The standard InChI is InChI=1S/C25H30N4O4/c1-15-26-14-21(32-15)17-5-6-18-13-27-22(12-19(18)11-17)29-23(30)16-7-9-20(10-8-16)28-24(31)33-25(2,3)4/h5-6,11-14,16,20H,7-10H2,1-4H3,(H,28,31)(H,27,29,30). The first-order chi connectivity index (χ1) is 15.7. The lowest BCUT2D eigenvalue weighted by Crippen LogP contribution is -2.42. The van der Waals surface area contributed by atoms with Crippen LogP contribution in [-0.4, -0.2) is 33.6 Å². The van der Waals surface area contributed by atoms with Crippen molar-refractivity contribution in [2.45, 2.75) is 65.0 Å². The summed E-state index contributed by atoms with van der Waals surface area (Å²) < 4.78 is 10.9. The molecule has 8 heteroatoms. The van der Waals surface area contributed by atoms with Crippen LogP contribution in [0.2, 0.25) is 0 Å². The fourth-order valence-corrected chi connectivity index (χ4v) is 4.06. The maximum Gasteiger partial charge on any atom is 0.407 e. The van der Waals surface area contributed by atoms with Crippen molar-refractivity contribution in [3.63, 3.8) is 0 Å². The highest BCUT2D eigenvalue weighted by Gasteiger charge is 2.28. The summed E-state index contributed by atoms with van der Waals surface area (Å²) in [5, 5.41) is 7.79. The van der Waals surface area contributed by atoms with Gasteiger partial charge in [0.05, 0.1) is 6.20 Å². The van der Waals surface area contributed by atoms with Crippen LogP contribution < -0.4 is 10.6 Å². The predicted molar refractivity (Wildman–Crippen MR) is 126 cm³/mol. The monoisotopic (exact) mass is 450 g/mol. The molecule has 0 saturated heterocycles. The number of ether oxygens (including phenoxy) is 1. The van der Waals surface area contributed by atoms with Crippen molar-refractivity contribution in [1.29, 1.82) is 0 Å². The van der Waals surface area contributed by atoms with Crippen LogP contribution in [0.3, 0.4) is 0 Å². The molecule has 0 radical (unpaired) electrons. The molecule has 33 heavy (non-hydrogen) atoms. The SMILES string of the molecule is Cc1ncc(-c2ccc3cnc(NC(=O)C4CCC(NC(=O)OC(C)(C)C)CC4)cc3c2)o1. The summed E-state index contributed by atoms with van der Waals surface area (Å²) in [6.45, 7) is 7.32. The zero-order valence-electron chi connectivity index (χ0n) is 19.5. The van der Waals surface area contributed by atoms with Gasteiger partial charge in [0, 0.05) is 36.0 Å². The Bertz CT molecular complexity index is 1160. The van der Waals surface area contributed by atoms with Crippen molar-refractivity contribution in [1.82, 2.24) is 15.3 Å². The minimum atomic E-state index is -0.525. The van der Waals surface area contributed by atoms with E-state index < -0.39 is 11.7 Å². The summed E-state index contributed by atoms with van der Waals surface area (Å²) in [6.07, 6.45) is 5.93. The highest BCUT2D eigenvalue weighted by atomic mass is 16.6. The highest BCUT2D eigenvalue weighted by Crippen LogP contribution is 2.28. The van der Waals surface area contributed by atoms with E-state index in [2.05, 4.69) is 20.6 Å². The van der Waals surface area contributed by atoms with Crippen LogP contribution in [0.1, 0.15) is 52.3 Å². The number of fused-ring (bicyclic) bond motifs is 1. The highest BCUT2D eigenvalue weighted by molar-refractivity contribution is 5.95. The molecular formula is C25H30N4O4. The molecule has 0 unspecified atom stereocenters. The van der Waals surface area contributed by atoms with E-state index in [-0.39, 0.29) is 17.9 Å². The summed E-state index contributed by atoms with van der Waals surface area (Å²) in [7, 11) is 0. The average molecular weight is 451 g/mol. The minimum absolute atomic E-state index is 0.0286. The molecule has 2 N–H and O–H groups in total. The minimum Gasteiger partial charge on any atom is -0.444 e. The summed E-state index contributed by atoms with van der Waals surface area (Å²) in [5.41, 5.74) is 0.394. The zero-order chi connectivity index (χ0) is 23.6. The number of nitrogens with zero attached hydrogens (tertiary/aromatic N) is 2. The molecule has 174 valence electrons. The van der Waals surface area contributed by atoms with Gasteiger partial charge in [-0.1, -0.05) is 12.1 Å². The molecule has 1 saturated carbocycles. The molecule has 1 aromatic carbocycles. The van der Waals surface area contributed by atoms with E-state index in [1.165, 1.54) is 0 Å². The van der Waals surface area contributed by atoms with E-state index in [1.807, 2.05) is 52.0 Å². The number of hydrogen-bond acceptors (Lipinski definition) is 6. The second-order valence-electron chi connectivity index (χ2n) is 9.56. The molecule has 4 rings (SSSR count). The predicted octanol–water partition coefficient (Wildman–Crippen LogP) is 5.22. The number of oxazole rings is 1. The van der Waals surface area contributed by atoms with Crippen molar-refractivity contribution < 1.29 is 18.7 Å². The van der Waals surface area contributed by atoms with Crippen LogP contribution in [-0.2, 0) is 9.53 Å². The Morgan fingerprint density at radius 3 is 2.45 bits per heavy atom. The Kier molecular flexibility index (Phi) is 6.35. The smallest absolute Gasteiger partial charge is 0.407 e. The lowest BCUT2D eigenvalue weighted by atomic mass is 9.85. The summed E-state index contributed by atoms with van der Waals surface area (Å²) >= 11 is 0. The molecule has 0 spiro atoms. The number of anilines is 1. The number of carbonyl (C=O) groups is 2. The molecule has 8 nitrogen and oxygen atoms in total. The summed E-state index contributed by atoms with van der Waals surface area (Å²) in [4.78, 5) is 33.3. The van der Waals surface area contributed by atoms with Gasteiger partial charge >= 0.3 is 6.09 Å². The number of nitrogens with one attached hydrogen (secondary N) is 2. The first kappa shape index (κ1) is 22.8. The van der Waals surface area contributed by atoms with E-state index in [0.717, 1.165) is 29.2 Å². The number of rotatable bonds is 4. The van der Waals surface area contributed by atoms with Gasteiger partial charge < -0.3 is 19.8 Å². The summed E-state index contributed by atoms with van der Waals surface area (Å²) in [6, 6.07) is 7.84. The van der Waals surface area contributed by atoms with E-state index in [9.17, 15) is 9.59 Å². The molecule has 0 bridgehead atoms. The number of pyridine rings is 1. The van der Waals surface area contributed by atoms with E-state index >= 15 is 0 Å². The van der Waals surface area contributed by atoms with Crippen molar-refractivity contribution in [3.8, 4) is 11.3 Å². The van der Waals surface area contributed by atoms with Gasteiger partial charge in [-0.25, -0.2) is 14.8 Å². The fourth-order valence-electron chi connectivity index (χ4n) is 4.06. The average Bonchev–Trinajstić information content (AvgIpc) is 3.18. The van der Waals surface area contributed by atoms with Crippen LogP contribution in [0.15, 0.2) is 41.1 Å². The number of carbonyl (C=O) groups excluding carboxylic acids is 2. The molecule has 0 aliphatic heterocycles. The van der Waals surface area contributed by atoms with Crippen LogP contribution >= 0.6 is 0 Å². The molecule has 1 aliphatic rings. The zero-order valence-corrected chi connectivity index (χ0v) is 19.5. The largest absolute Gasteiger partial charge is 0.444 e. The number of benzene rings is 1. The van der Waals surface area contributed by atoms with Crippen molar-refractivity contribution in [2.24, 2.45) is 5.92 Å². The number of amides is 2. The first-order valence-electron chi connectivity index (χ1n) is 11.3. The fraction of sp³-hybridized carbons (Fsp3) is 0.440. The molecular weight excluding hydrogens is 420 g/mol. The van der Waals surface area contributed by atoms with E-state index in [1.54, 1.807) is 12.4 Å². The Hall–Kier alpha value is -3.42. The van der Waals surface area contributed by atoms with Gasteiger partial charge in [0.2, 0.25) is 5.91 Å². The van der Waals surface area contributed by atoms with Crippen LogP contribution in [0.4, 0.5) is 10.6 Å². The number of alkyl carbamates (subject to hydrolysis) is 1. The second-order valence-corrected chi connectivity index (χ2v) is 9.56. The Balaban J connectivity index is 1.35. The second kappa shape index (κ2) is 9.21. The van der Waals surface area contributed by atoms with Crippen molar-refractivity contribution in [2.75, 3.05) is 5.32 Å². The molecule has 2 aromatic heterocycles. The maximum absolute atomic E-state index is 12.8. The quantitative estimate of drug-likeness (QED) is 0.564. The number of aromatic nitrogens is 2. The van der Waals surface area contributed by atoms with E-state index in [0.29, 0.717) is 30.3 Å². The van der Waals surface area contributed by atoms with Gasteiger partial charge in [-0.2, -0.15) is 0 Å². The van der Waals surface area contributed by atoms with Crippen molar-refractivity contribution in [3.05, 3.63) is 42.5 Å². The normalized spacial score (nSPS) is 18.7. The Morgan fingerprint density at radius 1 is 1.03 bits per heavy atom. The van der Waals surface area contributed by atoms with Crippen LogP contribution in [0.25, 0.3) is 22.1 Å². The third-order valence-electron chi connectivity index (χ3n) is 5.70. The number of hydrogen-bond donors (Lipinski definition) is 2. The van der Waals surface area contributed by atoms with Gasteiger partial charge in [0.25, 0.3) is 0 Å².